The molecule has 0 bridgehead atoms. The third kappa shape index (κ3) is 9.71. The lowest BCUT2D eigenvalue weighted by Crippen LogP contribution is -2.39. The predicted octanol–water partition coefficient (Wildman–Crippen LogP) is 4.58. The number of benzene rings is 2. The van der Waals surface area contributed by atoms with Crippen LogP contribution >= 0.6 is 0 Å². The zero-order valence-electron chi connectivity index (χ0n) is 16.9. The van der Waals surface area contributed by atoms with Gasteiger partial charge in [0.05, 0.1) is 0 Å². The second kappa shape index (κ2) is 13.5. The fraction of sp³-hybridized carbons (Fsp3) is 0.500. The van der Waals surface area contributed by atoms with E-state index in [1.54, 1.807) is 0 Å². The summed E-state index contributed by atoms with van der Waals surface area (Å²) in [4.78, 5) is 2.55. The van der Waals surface area contributed by atoms with Gasteiger partial charge in [-0.3, -0.25) is 0 Å². The van der Waals surface area contributed by atoms with E-state index in [1.807, 2.05) is 12.1 Å². The van der Waals surface area contributed by atoms with Crippen LogP contribution < -0.4 is 11.1 Å². The summed E-state index contributed by atoms with van der Waals surface area (Å²) in [5, 5.41) is 3.42. The molecule has 1 heterocycles. The number of nitrogens with zero attached hydrogens (tertiary/aromatic N) is 1. The molecule has 3 N–H and O–H groups in total. The van der Waals surface area contributed by atoms with Gasteiger partial charge in [0, 0.05) is 19.1 Å². The van der Waals surface area contributed by atoms with Crippen LogP contribution in [-0.2, 0) is 13.1 Å². The lowest BCUT2D eigenvalue weighted by molar-refractivity contribution is 0.209. The number of rotatable bonds is 8. The molecule has 1 saturated heterocycles. The highest BCUT2D eigenvalue weighted by molar-refractivity contribution is 5.16. The zero-order valence-corrected chi connectivity index (χ0v) is 16.9. The summed E-state index contributed by atoms with van der Waals surface area (Å²) >= 11 is 0. The van der Waals surface area contributed by atoms with Crippen LogP contribution in [0.3, 0.4) is 0 Å². The minimum atomic E-state index is 0.479. The van der Waals surface area contributed by atoms with Gasteiger partial charge in [-0.1, -0.05) is 80.4 Å². The molecule has 27 heavy (non-hydrogen) atoms. The predicted molar refractivity (Wildman–Crippen MR) is 117 cm³/mol. The molecule has 3 heteroatoms. The summed E-state index contributed by atoms with van der Waals surface area (Å²) in [6.45, 7) is 7.86. The number of hydrogen-bond donors (Lipinski definition) is 2. The average molecular weight is 368 g/mol. The van der Waals surface area contributed by atoms with Crippen molar-refractivity contribution in [1.82, 2.24) is 10.2 Å². The molecule has 3 rings (SSSR count). The van der Waals surface area contributed by atoms with Crippen LogP contribution in [0.1, 0.15) is 50.2 Å². The van der Waals surface area contributed by atoms with Crippen molar-refractivity contribution in [3.63, 3.8) is 0 Å². The minimum Gasteiger partial charge on any atom is -0.328 e. The van der Waals surface area contributed by atoms with Gasteiger partial charge >= 0.3 is 0 Å². The monoisotopic (exact) mass is 367 g/mol. The Balaban J connectivity index is 0.000000199. The van der Waals surface area contributed by atoms with Crippen LogP contribution in [-0.4, -0.2) is 30.6 Å². The van der Waals surface area contributed by atoms with E-state index in [1.165, 1.54) is 62.9 Å². The van der Waals surface area contributed by atoms with Crippen molar-refractivity contribution in [3.8, 4) is 0 Å². The number of hydrogen-bond acceptors (Lipinski definition) is 3. The highest BCUT2D eigenvalue weighted by Crippen LogP contribution is 2.09. The Morgan fingerprint density at radius 3 is 1.85 bits per heavy atom. The molecule has 0 aromatic heterocycles. The molecule has 0 radical (unpaired) electrons. The topological polar surface area (TPSA) is 41.3 Å². The summed E-state index contributed by atoms with van der Waals surface area (Å²) in [5.74, 6) is 0. The lowest BCUT2D eigenvalue weighted by atomic mass is 10.1. The van der Waals surface area contributed by atoms with E-state index in [0.29, 0.717) is 6.04 Å². The number of piperidine rings is 1. The van der Waals surface area contributed by atoms with E-state index in [9.17, 15) is 0 Å². The number of nitrogens with two attached hydrogens (primary N) is 1. The number of likely N-dealkylation sites (tertiary alicyclic amines) is 1. The summed E-state index contributed by atoms with van der Waals surface area (Å²) < 4.78 is 0. The molecule has 2 aromatic carbocycles. The van der Waals surface area contributed by atoms with Gasteiger partial charge in [0.25, 0.3) is 0 Å². The van der Waals surface area contributed by atoms with Crippen molar-refractivity contribution in [2.45, 2.75) is 58.2 Å². The van der Waals surface area contributed by atoms with Crippen LogP contribution in [0, 0.1) is 0 Å². The van der Waals surface area contributed by atoms with E-state index in [2.05, 4.69) is 65.7 Å². The van der Waals surface area contributed by atoms with Crippen molar-refractivity contribution in [1.29, 1.82) is 0 Å². The van der Waals surface area contributed by atoms with E-state index in [-0.39, 0.29) is 0 Å². The molecule has 2 aromatic rings. The van der Waals surface area contributed by atoms with Crippen LogP contribution in [0.5, 0.6) is 0 Å². The molecule has 0 unspecified atom stereocenters. The van der Waals surface area contributed by atoms with Gasteiger partial charge in [-0.05, 0) is 50.0 Å². The molecule has 0 saturated carbocycles. The van der Waals surface area contributed by atoms with E-state index in [4.69, 9.17) is 5.73 Å². The fourth-order valence-electron chi connectivity index (χ4n) is 3.30. The first-order valence-corrected chi connectivity index (χ1v) is 10.5. The largest absolute Gasteiger partial charge is 0.328 e. The Hall–Kier alpha value is -1.68. The third-order valence-electron chi connectivity index (χ3n) is 5.05. The van der Waals surface area contributed by atoms with E-state index < -0.39 is 0 Å². The SMILES string of the molecule is CCCCCN1CCC(N)CC1.c1ccc(CNCc2ccccc2)cc1. The average Bonchev–Trinajstić information content (AvgIpc) is 2.72. The summed E-state index contributed by atoms with van der Waals surface area (Å²) in [7, 11) is 0. The van der Waals surface area contributed by atoms with E-state index in [0.717, 1.165) is 13.1 Å². The molecule has 0 atom stereocenters. The smallest absolute Gasteiger partial charge is 0.0208 e. The van der Waals surface area contributed by atoms with Crippen molar-refractivity contribution in [3.05, 3.63) is 71.8 Å². The maximum absolute atomic E-state index is 5.83. The van der Waals surface area contributed by atoms with Crippen molar-refractivity contribution in [2.75, 3.05) is 19.6 Å². The molecule has 1 fully saturated rings. The standard InChI is InChI=1S/C14H15N.C10H22N2/c1-3-7-13(8-4-1)11-15-12-14-9-5-2-6-10-14;1-2-3-4-7-12-8-5-10(11)6-9-12/h1-10,15H,11-12H2;10H,2-9,11H2,1H3. The third-order valence-corrected chi connectivity index (χ3v) is 5.05. The molecule has 0 aliphatic carbocycles. The molecule has 1 aliphatic rings. The van der Waals surface area contributed by atoms with Crippen LogP contribution in [0.4, 0.5) is 0 Å². The highest BCUT2D eigenvalue weighted by Gasteiger charge is 2.14. The first kappa shape index (κ1) is 21.6. The van der Waals surface area contributed by atoms with Crippen molar-refractivity contribution in [2.24, 2.45) is 5.73 Å². The van der Waals surface area contributed by atoms with Crippen LogP contribution in [0.15, 0.2) is 60.7 Å². The molecule has 1 aliphatic heterocycles. The number of nitrogens with one attached hydrogen (secondary N) is 1. The van der Waals surface area contributed by atoms with Crippen molar-refractivity contribution >= 4 is 0 Å². The van der Waals surface area contributed by atoms with Gasteiger partial charge < -0.3 is 16.0 Å². The Bertz CT molecular complexity index is 538. The summed E-state index contributed by atoms with van der Waals surface area (Å²) in [5.41, 5.74) is 8.48. The summed E-state index contributed by atoms with van der Waals surface area (Å²) in [6, 6.07) is 21.4. The minimum absolute atomic E-state index is 0.479. The quantitative estimate of drug-likeness (QED) is 0.671. The van der Waals surface area contributed by atoms with Crippen LogP contribution in [0.25, 0.3) is 0 Å². The lowest BCUT2D eigenvalue weighted by Gasteiger charge is -2.29. The Morgan fingerprint density at radius 1 is 0.852 bits per heavy atom. The Morgan fingerprint density at radius 2 is 1.37 bits per heavy atom. The van der Waals surface area contributed by atoms with Gasteiger partial charge in [-0.25, -0.2) is 0 Å². The second-order valence-corrected chi connectivity index (χ2v) is 7.46. The Labute approximate surface area is 166 Å². The second-order valence-electron chi connectivity index (χ2n) is 7.46. The Kier molecular flexibility index (Phi) is 10.8. The van der Waals surface area contributed by atoms with Gasteiger partial charge in [-0.2, -0.15) is 0 Å². The van der Waals surface area contributed by atoms with Gasteiger partial charge in [0.2, 0.25) is 0 Å². The summed E-state index contributed by atoms with van der Waals surface area (Å²) in [6.07, 6.45) is 6.47. The van der Waals surface area contributed by atoms with Crippen molar-refractivity contribution < 1.29 is 0 Å². The maximum atomic E-state index is 5.83. The molecular formula is C24H37N3. The first-order valence-electron chi connectivity index (χ1n) is 10.5. The molecular weight excluding hydrogens is 330 g/mol. The normalized spacial score (nSPS) is 15.2. The molecule has 0 spiro atoms. The fourth-order valence-corrected chi connectivity index (χ4v) is 3.30. The van der Waals surface area contributed by atoms with Gasteiger partial charge in [0.15, 0.2) is 0 Å². The maximum Gasteiger partial charge on any atom is 0.0208 e. The van der Waals surface area contributed by atoms with Gasteiger partial charge in [-0.15, -0.1) is 0 Å². The zero-order chi connectivity index (χ0) is 19.2. The van der Waals surface area contributed by atoms with Gasteiger partial charge in [0.1, 0.15) is 0 Å². The molecule has 148 valence electrons. The molecule has 3 nitrogen and oxygen atoms in total. The molecule has 0 amide bonds. The van der Waals surface area contributed by atoms with E-state index >= 15 is 0 Å². The number of unbranched alkanes of at least 4 members (excludes halogenated alkanes) is 2. The highest BCUT2D eigenvalue weighted by atomic mass is 15.1. The first-order chi connectivity index (χ1) is 13.3. The van der Waals surface area contributed by atoms with Crippen LogP contribution in [0.2, 0.25) is 0 Å².